The minimum Gasteiger partial charge on any atom is -0.469 e. The summed E-state index contributed by atoms with van der Waals surface area (Å²) < 4.78 is 4.97. The fourth-order valence-corrected chi connectivity index (χ4v) is 7.22. The maximum atomic E-state index is 13.6. The number of Topliss-reactive ketones (excluding diaryl/α,β-unsaturated/α-hetero) is 1. The number of esters is 1. The van der Waals surface area contributed by atoms with Gasteiger partial charge in [-0.25, -0.2) is 15.0 Å². The van der Waals surface area contributed by atoms with E-state index in [2.05, 4.69) is 34.6 Å². The first kappa shape index (κ1) is 31.0. The zero-order valence-corrected chi connectivity index (χ0v) is 27.8. The Morgan fingerprint density at radius 2 is 1.62 bits per heavy atom. The number of ether oxygens (including phenoxy) is 1. The topological polar surface area (TPSA) is 113 Å². The molecule has 6 rings (SSSR count). The Balaban J connectivity index is 1.62. The standard InChI is InChI=1S/C37H42N4O4/c1-17-22(10-11-32(44)45-9)35-23-12-31(43)34-20(4)28(41-36(23)34)14-29-24(16-37(6,7)8)18(2)25(38-29)15-30-33(21(5)42)19(3)27(39-30)13-26(17)40-35/h13-15,17,21-22,42H,10-12,16H2,1-9H3. The molecule has 1 fully saturated rings. The van der Waals surface area contributed by atoms with Crippen LogP contribution in [0.5, 0.6) is 0 Å². The molecule has 8 bridgehead atoms. The van der Waals surface area contributed by atoms with Gasteiger partial charge in [0.15, 0.2) is 5.78 Å². The molecule has 1 aliphatic carbocycles. The van der Waals surface area contributed by atoms with E-state index in [9.17, 15) is 14.7 Å². The van der Waals surface area contributed by atoms with Gasteiger partial charge in [-0.3, -0.25) is 14.6 Å². The number of hydrogen-bond acceptors (Lipinski definition) is 8. The summed E-state index contributed by atoms with van der Waals surface area (Å²) in [5.74, 6) is -0.362. The molecule has 5 heterocycles. The molecule has 8 nitrogen and oxygen atoms in total. The Kier molecular flexibility index (Phi) is 7.63. The molecule has 3 unspecified atom stereocenters. The minimum atomic E-state index is -0.728. The van der Waals surface area contributed by atoms with Crippen molar-refractivity contribution in [1.29, 1.82) is 0 Å². The predicted molar refractivity (Wildman–Crippen MR) is 178 cm³/mol. The number of hydrogen-bond donors (Lipinski definition) is 1. The summed E-state index contributed by atoms with van der Waals surface area (Å²) in [6, 6.07) is 0. The number of ketones is 1. The van der Waals surface area contributed by atoms with E-state index in [0.717, 1.165) is 74.1 Å². The van der Waals surface area contributed by atoms with Crippen LogP contribution in [-0.4, -0.2) is 52.9 Å². The smallest absolute Gasteiger partial charge is 0.305 e. The van der Waals surface area contributed by atoms with Crippen LogP contribution in [0.15, 0.2) is 100.0 Å². The molecule has 5 aliphatic heterocycles. The van der Waals surface area contributed by atoms with Crippen molar-refractivity contribution in [3.8, 4) is 0 Å². The molecule has 0 aromatic rings. The second kappa shape index (κ2) is 11.1. The Morgan fingerprint density at radius 1 is 0.978 bits per heavy atom. The lowest BCUT2D eigenvalue weighted by Crippen LogP contribution is -2.17. The Labute approximate surface area is 265 Å². The van der Waals surface area contributed by atoms with Crippen molar-refractivity contribution in [3.05, 3.63) is 80.0 Å². The van der Waals surface area contributed by atoms with E-state index in [-0.39, 0.29) is 41.8 Å². The fourth-order valence-electron chi connectivity index (χ4n) is 7.22. The van der Waals surface area contributed by atoms with Gasteiger partial charge in [-0.15, -0.1) is 0 Å². The number of carbonyl (C=O) groups is 2. The van der Waals surface area contributed by atoms with Gasteiger partial charge in [-0.1, -0.05) is 27.7 Å². The number of fused-ring (bicyclic) bond motifs is 4. The zero-order chi connectivity index (χ0) is 32.5. The second-order valence-electron chi connectivity index (χ2n) is 14.1. The highest BCUT2D eigenvalue weighted by Gasteiger charge is 2.42. The molecule has 0 spiro atoms. The number of carbonyl (C=O) groups excluding carboxylic acids is 2. The fraction of sp³-hybridized carbons (Fsp3) is 0.459. The third-order valence-corrected chi connectivity index (χ3v) is 9.65. The van der Waals surface area contributed by atoms with Crippen LogP contribution in [-0.2, 0) is 14.3 Å². The maximum absolute atomic E-state index is 13.6. The highest BCUT2D eigenvalue weighted by Crippen LogP contribution is 2.45. The summed E-state index contributed by atoms with van der Waals surface area (Å²) in [5.41, 5.74) is 12.4. The summed E-state index contributed by atoms with van der Waals surface area (Å²) in [5, 5.41) is 10.9. The summed E-state index contributed by atoms with van der Waals surface area (Å²) in [6.45, 7) is 16.5. The van der Waals surface area contributed by atoms with Gasteiger partial charge in [0.1, 0.15) is 0 Å². The van der Waals surface area contributed by atoms with E-state index in [1.807, 2.05) is 32.1 Å². The molecule has 234 valence electrons. The minimum absolute atomic E-state index is 0.0130. The van der Waals surface area contributed by atoms with E-state index < -0.39 is 6.10 Å². The molecule has 0 radical (unpaired) electrons. The molecule has 0 saturated heterocycles. The van der Waals surface area contributed by atoms with E-state index in [1.165, 1.54) is 7.11 Å². The summed E-state index contributed by atoms with van der Waals surface area (Å²) >= 11 is 0. The van der Waals surface area contributed by atoms with Crippen LogP contribution in [0.4, 0.5) is 0 Å². The number of aliphatic imine (C=N–C) groups is 4. The van der Waals surface area contributed by atoms with Gasteiger partial charge >= 0.3 is 5.97 Å². The zero-order valence-electron chi connectivity index (χ0n) is 27.8. The number of methoxy groups -OCH3 is 1. The van der Waals surface area contributed by atoms with Crippen LogP contribution >= 0.6 is 0 Å². The molecule has 45 heavy (non-hydrogen) atoms. The van der Waals surface area contributed by atoms with Crippen LogP contribution in [0.3, 0.4) is 0 Å². The molecule has 1 saturated carbocycles. The quantitative estimate of drug-likeness (QED) is 0.352. The summed E-state index contributed by atoms with van der Waals surface area (Å²) in [6.07, 6.45) is 7.09. The van der Waals surface area contributed by atoms with Gasteiger partial charge in [0.05, 0.1) is 53.1 Å². The second-order valence-corrected chi connectivity index (χ2v) is 14.1. The highest BCUT2D eigenvalue weighted by atomic mass is 16.5. The molecule has 0 aromatic carbocycles. The van der Waals surface area contributed by atoms with Crippen LogP contribution in [0.25, 0.3) is 0 Å². The van der Waals surface area contributed by atoms with Crippen molar-refractivity contribution in [2.45, 2.75) is 87.2 Å². The molecular formula is C37H42N4O4. The van der Waals surface area contributed by atoms with Crippen molar-refractivity contribution >= 4 is 34.6 Å². The normalized spacial score (nSPS) is 25.0. The average molecular weight is 607 g/mol. The van der Waals surface area contributed by atoms with Gasteiger partial charge in [0.25, 0.3) is 0 Å². The highest BCUT2D eigenvalue weighted by molar-refractivity contribution is 6.38. The van der Waals surface area contributed by atoms with Gasteiger partial charge in [-0.2, -0.15) is 0 Å². The van der Waals surface area contributed by atoms with E-state index in [0.29, 0.717) is 23.4 Å². The average Bonchev–Trinajstić information content (AvgIpc) is 3.71. The number of nitrogens with zero attached hydrogens (tertiary/aromatic N) is 4. The van der Waals surface area contributed by atoms with E-state index >= 15 is 0 Å². The Hall–Kier alpha value is -4.04. The molecule has 6 aliphatic rings. The van der Waals surface area contributed by atoms with Crippen molar-refractivity contribution in [2.24, 2.45) is 37.2 Å². The molecule has 3 atom stereocenters. The van der Waals surface area contributed by atoms with Gasteiger partial charge in [0, 0.05) is 47.1 Å². The molecule has 0 aromatic heterocycles. The van der Waals surface area contributed by atoms with Gasteiger partial charge < -0.3 is 9.84 Å². The Bertz CT molecular complexity index is 1800. The third kappa shape index (κ3) is 5.33. The first-order valence-electron chi connectivity index (χ1n) is 15.8. The van der Waals surface area contributed by atoms with Gasteiger partial charge in [0.2, 0.25) is 0 Å². The van der Waals surface area contributed by atoms with Gasteiger partial charge in [-0.05, 0) is 86.5 Å². The first-order chi connectivity index (χ1) is 21.2. The number of rotatable bonds is 5. The molecule has 8 heteroatoms. The monoisotopic (exact) mass is 606 g/mol. The van der Waals surface area contributed by atoms with E-state index in [4.69, 9.17) is 24.7 Å². The number of aliphatic hydroxyl groups is 1. The van der Waals surface area contributed by atoms with Crippen LogP contribution in [0.1, 0.15) is 81.1 Å². The van der Waals surface area contributed by atoms with Crippen molar-refractivity contribution < 1.29 is 19.4 Å². The van der Waals surface area contributed by atoms with Crippen LogP contribution < -0.4 is 0 Å². The maximum Gasteiger partial charge on any atom is 0.305 e. The lowest BCUT2D eigenvalue weighted by molar-refractivity contribution is -0.140. The SMILES string of the molecule is COC(=O)CCC1C2=C3CC(=O)C4=C(C)C(=CC5=NC(=CC6=NC(=CC(=N2)C1C)C(C)=C6C(C)O)C(C)=C5CC(C)(C)C)N=C34. The van der Waals surface area contributed by atoms with E-state index in [1.54, 1.807) is 6.92 Å². The van der Waals surface area contributed by atoms with Crippen molar-refractivity contribution in [2.75, 3.05) is 7.11 Å². The lowest BCUT2D eigenvalue weighted by atomic mass is 9.84. The first-order valence-corrected chi connectivity index (χ1v) is 15.8. The lowest BCUT2D eigenvalue weighted by Gasteiger charge is -2.20. The van der Waals surface area contributed by atoms with Crippen molar-refractivity contribution in [3.63, 3.8) is 0 Å². The van der Waals surface area contributed by atoms with Crippen LogP contribution in [0, 0.1) is 17.3 Å². The van der Waals surface area contributed by atoms with Crippen molar-refractivity contribution in [1.82, 2.24) is 0 Å². The largest absolute Gasteiger partial charge is 0.469 e. The Morgan fingerprint density at radius 3 is 2.29 bits per heavy atom. The summed E-state index contributed by atoms with van der Waals surface area (Å²) in [4.78, 5) is 46.2. The third-order valence-electron chi connectivity index (χ3n) is 9.65. The summed E-state index contributed by atoms with van der Waals surface area (Å²) in [7, 11) is 1.40. The number of allylic oxidation sites excluding steroid dienone is 10. The molecule has 1 N–H and O–H groups in total. The predicted octanol–water partition coefficient (Wildman–Crippen LogP) is 6.67. The molecule has 0 amide bonds. The molecular weight excluding hydrogens is 564 g/mol. The number of aliphatic hydroxyl groups excluding tert-OH is 1. The van der Waals surface area contributed by atoms with Crippen LogP contribution in [0.2, 0.25) is 0 Å².